The van der Waals surface area contributed by atoms with Crippen molar-refractivity contribution in [3.8, 4) is 11.5 Å². The van der Waals surface area contributed by atoms with Crippen molar-refractivity contribution in [2.45, 2.75) is 32.6 Å². The Kier molecular flexibility index (Phi) is 5.53. The van der Waals surface area contributed by atoms with E-state index in [1.807, 2.05) is 18.3 Å². The second kappa shape index (κ2) is 8.21. The van der Waals surface area contributed by atoms with Crippen LogP contribution in [0.5, 0.6) is 11.5 Å². The normalized spacial score (nSPS) is 18.0. The van der Waals surface area contributed by atoms with Crippen molar-refractivity contribution in [3.63, 3.8) is 0 Å². The molecule has 0 amide bonds. The topological polar surface area (TPSA) is 63.8 Å². The van der Waals surface area contributed by atoms with E-state index in [1.54, 1.807) is 0 Å². The zero-order valence-corrected chi connectivity index (χ0v) is 16.0. The van der Waals surface area contributed by atoms with Gasteiger partial charge >= 0.3 is 5.97 Å². The van der Waals surface area contributed by atoms with Gasteiger partial charge in [0, 0.05) is 11.6 Å². The highest BCUT2D eigenvalue weighted by Crippen LogP contribution is 2.40. The number of carbonyl (C=O) groups excluding carboxylic acids is 1. The van der Waals surface area contributed by atoms with Crippen molar-refractivity contribution >= 4 is 16.9 Å². The molecule has 1 saturated heterocycles. The fourth-order valence-corrected chi connectivity index (χ4v) is 3.91. The highest BCUT2D eigenvalue weighted by atomic mass is 16.6. The molecule has 0 atom stereocenters. The first-order valence-corrected chi connectivity index (χ1v) is 10.1. The molecular formula is C21H28N2O4. The molecule has 2 aliphatic heterocycles. The van der Waals surface area contributed by atoms with Crippen LogP contribution in [0.2, 0.25) is 0 Å². The van der Waals surface area contributed by atoms with Crippen LogP contribution in [0.25, 0.3) is 10.9 Å². The number of carbonyl (C=O) groups is 1. The molecule has 27 heavy (non-hydrogen) atoms. The molecule has 0 radical (unpaired) electrons. The number of unbranched alkanes of at least 4 members (excludes halogenated alkanes) is 1. The van der Waals surface area contributed by atoms with Gasteiger partial charge in [0.05, 0.1) is 12.1 Å². The van der Waals surface area contributed by atoms with E-state index >= 15 is 0 Å². The number of esters is 1. The fourth-order valence-electron chi connectivity index (χ4n) is 3.91. The molecule has 6 heteroatoms. The maximum atomic E-state index is 12.8. The number of nitrogens with one attached hydrogen (secondary N) is 1. The number of nitrogens with zero attached hydrogens (tertiary/aromatic N) is 1. The lowest BCUT2D eigenvalue weighted by molar-refractivity contribution is 0.0364. The SMILES string of the molecule is CCCCN1CCC(COC(=O)c2cc3cc[nH]c3c3c2OCCO3)CC1. The van der Waals surface area contributed by atoms with Crippen LogP contribution in [0.4, 0.5) is 0 Å². The number of rotatable bonds is 6. The average Bonchev–Trinajstić information content (AvgIpc) is 3.19. The standard InChI is InChI=1S/C21H28N2O4/c1-2-3-8-23-9-5-15(6-10-23)14-27-21(24)17-13-16-4-7-22-18(16)20-19(17)25-11-12-26-20/h4,7,13,15,22H,2-3,5-6,8-12,14H2,1H3. The van der Waals surface area contributed by atoms with Crippen LogP contribution >= 0.6 is 0 Å². The van der Waals surface area contributed by atoms with Gasteiger partial charge in [0.15, 0.2) is 11.5 Å². The summed E-state index contributed by atoms with van der Waals surface area (Å²) in [4.78, 5) is 18.4. The molecular weight excluding hydrogens is 344 g/mol. The molecule has 0 bridgehead atoms. The summed E-state index contributed by atoms with van der Waals surface area (Å²) < 4.78 is 17.2. The van der Waals surface area contributed by atoms with Gasteiger partial charge in [-0.15, -0.1) is 0 Å². The van der Waals surface area contributed by atoms with E-state index in [4.69, 9.17) is 14.2 Å². The first-order valence-electron chi connectivity index (χ1n) is 10.1. The lowest BCUT2D eigenvalue weighted by atomic mass is 9.97. The van der Waals surface area contributed by atoms with Crippen molar-refractivity contribution < 1.29 is 19.0 Å². The van der Waals surface area contributed by atoms with Gasteiger partial charge in [-0.3, -0.25) is 0 Å². The van der Waals surface area contributed by atoms with Crippen LogP contribution in [0.1, 0.15) is 43.0 Å². The summed E-state index contributed by atoms with van der Waals surface area (Å²) in [5, 5.41) is 0.926. The Morgan fingerprint density at radius 2 is 2.04 bits per heavy atom. The third kappa shape index (κ3) is 3.90. The molecule has 4 rings (SSSR count). The van der Waals surface area contributed by atoms with E-state index in [0.717, 1.165) is 36.8 Å². The summed E-state index contributed by atoms with van der Waals surface area (Å²) in [5.74, 6) is 1.22. The van der Waals surface area contributed by atoms with Gasteiger partial charge in [-0.05, 0) is 56.9 Å². The third-order valence-corrected chi connectivity index (χ3v) is 5.54. The summed E-state index contributed by atoms with van der Waals surface area (Å²) >= 11 is 0. The molecule has 1 aromatic heterocycles. The quantitative estimate of drug-likeness (QED) is 0.785. The van der Waals surface area contributed by atoms with Gasteiger partial charge in [-0.1, -0.05) is 13.3 Å². The molecule has 2 aromatic rings. The largest absolute Gasteiger partial charge is 0.485 e. The summed E-state index contributed by atoms with van der Waals surface area (Å²) in [7, 11) is 0. The molecule has 3 heterocycles. The molecule has 0 aliphatic carbocycles. The zero-order chi connectivity index (χ0) is 18.6. The molecule has 146 valence electrons. The molecule has 2 aliphatic rings. The predicted octanol–water partition coefficient (Wildman–Crippen LogP) is 3.61. The number of aromatic amines is 1. The van der Waals surface area contributed by atoms with Crippen LogP contribution in [0, 0.1) is 5.92 Å². The van der Waals surface area contributed by atoms with Crippen LogP contribution in [0.15, 0.2) is 18.3 Å². The number of fused-ring (bicyclic) bond motifs is 3. The Labute approximate surface area is 159 Å². The van der Waals surface area contributed by atoms with E-state index in [2.05, 4.69) is 16.8 Å². The number of hydrogen-bond acceptors (Lipinski definition) is 5. The van der Waals surface area contributed by atoms with Crippen LogP contribution in [-0.2, 0) is 4.74 Å². The van der Waals surface area contributed by atoms with Crippen LogP contribution in [-0.4, -0.2) is 55.3 Å². The monoisotopic (exact) mass is 372 g/mol. The Morgan fingerprint density at radius 3 is 2.81 bits per heavy atom. The van der Waals surface area contributed by atoms with E-state index in [9.17, 15) is 4.79 Å². The minimum atomic E-state index is -0.326. The number of piperidine rings is 1. The van der Waals surface area contributed by atoms with Gasteiger partial charge in [0.1, 0.15) is 18.8 Å². The van der Waals surface area contributed by atoms with Crippen molar-refractivity contribution in [2.75, 3.05) is 39.5 Å². The number of ether oxygens (including phenoxy) is 3. The van der Waals surface area contributed by atoms with E-state index < -0.39 is 0 Å². The number of aromatic nitrogens is 1. The number of H-pyrrole nitrogens is 1. The Hall–Kier alpha value is -2.21. The van der Waals surface area contributed by atoms with Gasteiger partial charge in [-0.25, -0.2) is 4.79 Å². The molecule has 1 N–H and O–H groups in total. The lowest BCUT2D eigenvalue weighted by Gasteiger charge is -2.31. The molecule has 0 saturated carbocycles. The second-order valence-corrected chi connectivity index (χ2v) is 7.46. The van der Waals surface area contributed by atoms with Gasteiger partial charge < -0.3 is 24.1 Å². The lowest BCUT2D eigenvalue weighted by Crippen LogP contribution is -2.36. The number of likely N-dealkylation sites (tertiary alicyclic amines) is 1. The Bertz CT molecular complexity index is 793. The van der Waals surface area contributed by atoms with Gasteiger partial charge in [0.25, 0.3) is 0 Å². The Balaban J connectivity index is 1.39. The maximum Gasteiger partial charge on any atom is 0.342 e. The molecule has 1 fully saturated rings. The minimum Gasteiger partial charge on any atom is -0.485 e. The number of hydrogen-bond donors (Lipinski definition) is 1. The molecule has 1 aromatic carbocycles. The third-order valence-electron chi connectivity index (χ3n) is 5.54. The molecule has 0 unspecified atom stereocenters. The Morgan fingerprint density at radius 1 is 1.26 bits per heavy atom. The van der Waals surface area contributed by atoms with E-state index in [-0.39, 0.29) is 5.97 Å². The van der Waals surface area contributed by atoms with Crippen LogP contribution < -0.4 is 9.47 Å². The second-order valence-electron chi connectivity index (χ2n) is 7.46. The summed E-state index contributed by atoms with van der Waals surface area (Å²) in [6, 6.07) is 3.76. The molecule has 0 spiro atoms. The summed E-state index contributed by atoms with van der Waals surface area (Å²) in [6.45, 7) is 7.01. The first kappa shape index (κ1) is 18.2. The first-order chi connectivity index (χ1) is 13.3. The molecule has 6 nitrogen and oxygen atoms in total. The number of benzene rings is 1. The predicted molar refractivity (Wildman–Crippen MR) is 104 cm³/mol. The fraction of sp³-hybridized carbons (Fsp3) is 0.571. The van der Waals surface area contributed by atoms with Crippen molar-refractivity contribution in [1.29, 1.82) is 0 Å². The van der Waals surface area contributed by atoms with Gasteiger partial charge in [0.2, 0.25) is 0 Å². The highest BCUT2D eigenvalue weighted by Gasteiger charge is 2.26. The van der Waals surface area contributed by atoms with Crippen molar-refractivity contribution in [1.82, 2.24) is 9.88 Å². The maximum absolute atomic E-state index is 12.8. The van der Waals surface area contributed by atoms with Crippen molar-refractivity contribution in [2.24, 2.45) is 5.92 Å². The average molecular weight is 372 g/mol. The summed E-state index contributed by atoms with van der Waals surface area (Å²) in [6.07, 6.45) is 6.51. The highest BCUT2D eigenvalue weighted by molar-refractivity contribution is 6.01. The van der Waals surface area contributed by atoms with E-state index in [0.29, 0.717) is 42.8 Å². The van der Waals surface area contributed by atoms with Crippen molar-refractivity contribution in [3.05, 3.63) is 23.9 Å². The van der Waals surface area contributed by atoms with Crippen LogP contribution in [0.3, 0.4) is 0 Å². The zero-order valence-electron chi connectivity index (χ0n) is 16.0. The summed E-state index contributed by atoms with van der Waals surface area (Å²) in [5.41, 5.74) is 1.32. The smallest absolute Gasteiger partial charge is 0.342 e. The minimum absolute atomic E-state index is 0.326. The van der Waals surface area contributed by atoms with Gasteiger partial charge in [-0.2, -0.15) is 0 Å². The van der Waals surface area contributed by atoms with E-state index in [1.165, 1.54) is 19.4 Å².